The van der Waals surface area contributed by atoms with Gasteiger partial charge in [0, 0.05) is 5.69 Å². The molecule has 0 saturated heterocycles. The fourth-order valence-corrected chi connectivity index (χ4v) is 2.31. The first-order valence-electron chi connectivity index (χ1n) is 5.84. The van der Waals surface area contributed by atoms with E-state index in [0.29, 0.717) is 21.6 Å². The Labute approximate surface area is 124 Å². The van der Waals surface area contributed by atoms with Gasteiger partial charge in [-0.25, -0.2) is 4.98 Å². The highest BCUT2D eigenvalue weighted by Gasteiger charge is 2.10. The number of rotatable bonds is 2. The number of halogens is 2. The van der Waals surface area contributed by atoms with Crippen molar-refractivity contribution in [2.45, 2.75) is 0 Å². The van der Waals surface area contributed by atoms with E-state index in [1.54, 1.807) is 42.5 Å². The lowest BCUT2D eigenvalue weighted by Gasteiger charge is -2.06. The zero-order valence-electron chi connectivity index (χ0n) is 10.2. The monoisotopic (exact) mass is 305 g/mol. The van der Waals surface area contributed by atoms with E-state index in [-0.39, 0.29) is 5.91 Å². The van der Waals surface area contributed by atoms with Crippen LogP contribution in [-0.4, -0.2) is 15.9 Å². The molecule has 2 N–H and O–H groups in total. The third kappa shape index (κ3) is 2.48. The van der Waals surface area contributed by atoms with Gasteiger partial charge in [0.15, 0.2) is 0 Å². The molecular formula is C14H9Cl2N3O. The first-order chi connectivity index (χ1) is 9.63. The lowest BCUT2D eigenvalue weighted by Crippen LogP contribution is -2.12. The maximum Gasteiger partial charge on any atom is 0.257 e. The van der Waals surface area contributed by atoms with Crippen molar-refractivity contribution in [2.24, 2.45) is 0 Å². The van der Waals surface area contributed by atoms with Crippen molar-refractivity contribution in [3.8, 4) is 0 Å². The van der Waals surface area contributed by atoms with Crippen LogP contribution in [0.3, 0.4) is 0 Å². The van der Waals surface area contributed by atoms with Crippen molar-refractivity contribution in [1.82, 2.24) is 9.97 Å². The number of fused-ring (bicyclic) bond motifs is 1. The Bertz CT molecular complexity index is 798. The fourth-order valence-electron chi connectivity index (χ4n) is 1.90. The topological polar surface area (TPSA) is 57.8 Å². The summed E-state index contributed by atoms with van der Waals surface area (Å²) < 4.78 is 0. The van der Waals surface area contributed by atoms with E-state index >= 15 is 0 Å². The third-order valence-electron chi connectivity index (χ3n) is 2.83. The standard InChI is InChI=1S/C14H9Cl2N3O/c15-10-4-2-1-3-9(10)13(20)17-8-5-6-11-12(7-8)19-14(16)18-11/h1-7H,(H,17,20)(H,18,19). The van der Waals surface area contributed by atoms with Gasteiger partial charge in [-0.3, -0.25) is 4.79 Å². The predicted octanol–water partition coefficient (Wildman–Crippen LogP) is 4.12. The second-order valence-electron chi connectivity index (χ2n) is 4.19. The number of nitrogens with zero attached hydrogens (tertiary/aromatic N) is 1. The number of hydrogen-bond donors (Lipinski definition) is 2. The van der Waals surface area contributed by atoms with Crippen LogP contribution in [0, 0.1) is 0 Å². The molecule has 0 fully saturated rings. The number of anilines is 1. The Balaban J connectivity index is 1.89. The number of hydrogen-bond acceptors (Lipinski definition) is 2. The summed E-state index contributed by atoms with van der Waals surface area (Å²) in [6.45, 7) is 0. The number of carbonyl (C=O) groups is 1. The molecule has 0 radical (unpaired) electrons. The van der Waals surface area contributed by atoms with E-state index < -0.39 is 0 Å². The molecule has 0 aliphatic rings. The lowest BCUT2D eigenvalue weighted by atomic mass is 10.2. The van der Waals surface area contributed by atoms with Gasteiger partial charge >= 0.3 is 0 Å². The van der Waals surface area contributed by atoms with Gasteiger partial charge in [0.2, 0.25) is 5.28 Å². The van der Waals surface area contributed by atoms with Crippen LogP contribution in [-0.2, 0) is 0 Å². The molecular weight excluding hydrogens is 297 g/mol. The van der Waals surface area contributed by atoms with Crippen molar-refractivity contribution in [1.29, 1.82) is 0 Å². The van der Waals surface area contributed by atoms with E-state index in [1.165, 1.54) is 0 Å². The average molecular weight is 306 g/mol. The van der Waals surface area contributed by atoms with Crippen molar-refractivity contribution < 1.29 is 4.79 Å². The van der Waals surface area contributed by atoms with Gasteiger partial charge in [-0.2, -0.15) is 0 Å². The Morgan fingerprint density at radius 3 is 2.75 bits per heavy atom. The molecule has 1 heterocycles. The Hall–Kier alpha value is -2.04. The summed E-state index contributed by atoms with van der Waals surface area (Å²) in [5, 5.41) is 3.51. The van der Waals surface area contributed by atoms with Gasteiger partial charge in [-0.1, -0.05) is 23.7 Å². The van der Waals surface area contributed by atoms with E-state index in [2.05, 4.69) is 15.3 Å². The molecule has 0 saturated carbocycles. The van der Waals surface area contributed by atoms with Crippen LogP contribution < -0.4 is 5.32 Å². The molecule has 0 bridgehead atoms. The van der Waals surface area contributed by atoms with Gasteiger partial charge in [-0.15, -0.1) is 0 Å². The molecule has 1 amide bonds. The number of amides is 1. The molecule has 3 rings (SSSR count). The molecule has 2 aromatic carbocycles. The molecule has 100 valence electrons. The minimum Gasteiger partial charge on any atom is -0.329 e. The third-order valence-corrected chi connectivity index (χ3v) is 3.34. The molecule has 4 nitrogen and oxygen atoms in total. The van der Waals surface area contributed by atoms with E-state index in [1.807, 2.05) is 0 Å². The second kappa shape index (κ2) is 5.15. The minimum absolute atomic E-state index is 0.263. The zero-order valence-corrected chi connectivity index (χ0v) is 11.7. The molecule has 0 aliphatic carbocycles. The van der Waals surface area contributed by atoms with Crippen LogP contribution >= 0.6 is 23.2 Å². The van der Waals surface area contributed by atoms with Gasteiger partial charge in [0.25, 0.3) is 5.91 Å². The molecule has 3 aromatic rings. The molecule has 0 spiro atoms. The van der Waals surface area contributed by atoms with E-state index in [9.17, 15) is 4.79 Å². The quantitative estimate of drug-likeness (QED) is 0.748. The van der Waals surface area contributed by atoms with Crippen LogP contribution in [0.2, 0.25) is 10.3 Å². The highest BCUT2D eigenvalue weighted by atomic mass is 35.5. The summed E-state index contributed by atoms with van der Waals surface area (Å²) in [5.74, 6) is -0.263. The van der Waals surface area contributed by atoms with Gasteiger partial charge in [0.05, 0.1) is 21.6 Å². The van der Waals surface area contributed by atoms with Crippen molar-refractivity contribution in [3.05, 3.63) is 58.3 Å². The van der Waals surface area contributed by atoms with Crippen molar-refractivity contribution in [2.75, 3.05) is 5.32 Å². The number of H-pyrrole nitrogens is 1. The summed E-state index contributed by atoms with van der Waals surface area (Å²) in [6.07, 6.45) is 0. The van der Waals surface area contributed by atoms with Crippen molar-refractivity contribution >= 4 is 45.8 Å². The SMILES string of the molecule is O=C(Nc1ccc2nc(Cl)[nH]c2c1)c1ccccc1Cl. The smallest absolute Gasteiger partial charge is 0.257 e. The first-order valence-corrected chi connectivity index (χ1v) is 6.60. The molecule has 0 atom stereocenters. The highest BCUT2D eigenvalue weighted by molar-refractivity contribution is 6.34. The van der Waals surface area contributed by atoms with Crippen LogP contribution in [0.15, 0.2) is 42.5 Å². The van der Waals surface area contributed by atoms with E-state index in [4.69, 9.17) is 23.2 Å². The maximum atomic E-state index is 12.1. The average Bonchev–Trinajstić information content (AvgIpc) is 2.78. The normalized spacial score (nSPS) is 10.7. The number of carbonyl (C=O) groups excluding carboxylic acids is 1. The molecule has 6 heteroatoms. The number of aromatic nitrogens is 2. The number of benzene rings is 2. The summed E-state index contributed by atoms with van der Waals surface area (Å²) >= 11 is 11.8. The summed E-state index contributed by atoms with van der Waals surface area (Å²) in [7, 11) is 0. The molecule has 0 unspecified atom stereocenters. The Morgan fingerprint density at radius 2 is 1.95 bits per heavy atom. The maximum absolute atomic E-state index is 12.1. The Kier molecular flexibility index (Phi) is 3.34. The molecule has 20 heavy (non-hydrogen) atoms. The highest BCUT2D eigenvalue weighted by Crippen LogP contribution is 2.21. The number of imidazole rings is 1. The molecule has 0 aliphatic heterocycles. The van der Waals surface area contributed by atoms with E-state index in [0.717, 1.165) is 11.0 Å². The largest absolute Gasteiger partial charge is 0.329 e. The molecule has 1 aromatic heterocycles. The number of aromatic amines is 1. The van der Waals surface area contributed by atoms with Crippen LogP contribution in [0.5, 0.6) is 0 Å². The zero-order chi connectivity index (χ0) is 14.1. The van der Waals surface area contributed by atoms with Crippen molar-refractivity contribution in [3.63, 3.8) is 0 Å². The summed E-state index contributed by atoms with van der Waals surface area (Å²) in [5.41, 5.74) is 2.57. The van der Waals surface area contributed by atoms with Crippen LogP contribution in [0.1, 0.15) is 10.4 Å². The summed E-state index contributed by atoms with van der Waals surface area (Å²) in [4.78, 5) is 19.1. The number of nitrogens with one attached hydrogen (secondary N) is 2. The van der Waals surface area contributed by atoms with Crippen LogP contribution in [0.4, 0.5) is 5.69 Å². The van der Waals surface area contributed by atoms with Gasteiger partial charge in [-0.05, 0) is 41.9 Å². The second-order valence-corrected chi connectivity index (χ2v) is 4.96. The van der Waals surface area contributed by atoms with Gasteiger partial charge < -0.3 is 10.3 Å². The summed E-state index contributed by atoms with van der Waals surface area (Å²) in [6, 6.07) is 12.2. The fraction of sp³-hybridized carbons (Fsp3) is 0. The predicted molar refractivity (Wildman–Crippen MR) is 80.5 cm³/mol. The minimum atomic E-state index is -0.263. The Morgan fingerprint density at radius 1 is 1.15 bits per heavy atom. The lowest BCUT2D eigenvalue weighted by molar-refractivity contribution is 0.102. The first kappa shape index (κ1) is 13.0. The van der Waals surface area contributed by atoms with Crippen LogP contribution in [0.25, 0.3) is 11.0 Å². The van der Waals surface area contributed by atoms with Gasteiger partial charge in [0.1, 0.15) is 0 Å².